The molecular formula is C18H21NOS. The standard InChI is InChI=1S/C18H21NOS/c1-3-7-17(21-16-8-5-4-6-9-16)18(20)19-15-12-10-14(2)11-13-15/h4-6,8-13,17H,3,7H2,1-2H3,(H,19,20). The van der Waals surface area contributed by atoms with Gasteiger partial charge in [-0.2, -0.15) is 0 Å². The first-order valence-corrected chi connectivity index (χ1v) is 8.16. The van der Waals surface area contributed by atoms with Gasteiger partial charge in [-0.1, -0.05) is 49.2 Å². The molecule has 1 amide bonds. The minimum atomic E-state index is -0.0568. The Labute approximate surface area is 131 Å². The largest absolute Gasteiger partial charge is 0.325 e. The number of nitrogens with one attached hydrogen (secondary N) is 1. The summed E-state index contributed by atoms with van der Waals surface area (Å²) in [5.74, 6) is 0.0783. The third kappa shape index (κ3) is 4.94. The quantitative estimate of drug-likeness (QED) is 0.769. The number of benzene rings is 2. The number of carbonyl (C=O) groups excluding carboxylic acids is 1. The Kier molecular flexibility index (Phi) is 5.88. The normalized spacial score (nSPS) is 11.9. The van der Waals surface area contributed by atoms with Crippen LogP contribution in [0.5, 0.6) is 0 Å². The van der Waals surface area contributed by atoms with E-state index in [1.807, 2.05) is 61.5 Å². The van der Waals surface area contributed by atoms with E-state index in [-0.39, 0.29) is 11.2 Å². The van der Waals surface area contributed by atoms with Crippen molar-refractivity contribution in [3.05, 3.63) is 60.2 Å². The molecule has 0 heterocycles. The third-order valence-corrected chi connectivity index (χ3v) is 4.46. The summed E-state index contributed by atoms with van der Waals surface area (Å²) in [5.41, 5.74) is 2.05. The summed E-state index contributed by atoms with van der Waals surface area (Å²) < 4.78 is 0. The Bertz CT molecular complexity index is 566. The van der Waals surface area contributed by atoms with E-state index in [4.69, 9.17) is 0 Å². The molecule has 21 heavy (non-hydrogen) atoms. The molecule has 0 saturated carbocycles. The zero-order valence-corrected chi connectivity index (χ0v) is 13.3. The van der Waals surface area contributed by atoms with Crippen LogP contribution in [0.4, 0.5) is 5.69 Å². The topological polar surface area (TPSA) is 29.1 Å². The van der Waals surface area contributed by atoms with Crippen LogP contribution in [-0.2, 0) is 4.79 Å². The van der Waals surface area contributed by atoms with E-state index in [9.17, 15) is 4.79 Å². The average molecular weight is 299 g/mol. The van der Waals surface area contributed by atoms with Crippen molar-refractivity contribution in [2.45, 2.75) is 36.8 Å². The SMILES string of the molecule is CCCC(Sc1ccccc1)C(=O)Nc1ccc(C)cc1. The summed E-state index contributed by atoms with van der Waals surface area (Å²) in [7, 11) is 0. The van der Waals surface area contributed by atoms with E-state index in [1.165, 1.54) is 5.56 Å². The van der Waals surface area contributed by atoms with Crippen LogP contribution in [0.25, 0.3) is 0 Å². The smallest absolute Gasteiger partial charge is 0.237 e. The Balaban J connectivity index is 2.03. The lowest BCUT2D eigenvalue weighted by atomic mass is 10.2. The lowest BCUT2D eigenvalue weighted by Crippen LogP contribution is -2.25. The summed E-state index contributed by atoms with van der Waals surface area (Å²) in [6.45, 7) is 4.15. The van der Waals surface area contributed by atoms with Crippen LogP contribution >= 0.6 is 11.8 Å². The van der Waals surface area contributed by atoms with Gasteiger partial charge in [0.05, 0.1) is 5.25 Å². The maximum absolute atomic E-state index is 12.5. The molecule has 0 aliphatic rings. The van der Waals surface area contributed by atoms with E-state index < -0.39 is 0 Å². The minimum Gasteiger partial charge on any atom is -0.325 e. The number of thioether (sulfide) groups is 1. The number of rotatable bonds is 6. The Morgan fingerprint density at radius 1 is 1.10 bits per heavy atom. The minimum absolute atomic E-state index is 0.0568. The molecule has 1 unspecified atom stereocenters. The van der Waals surface area contributed by atoms with Crippen molar-refractivity contribution in [1.29, 1.82) is 0 Å². The second-order valence-electron chi connectivity index (χ2n) is 5.06. The number of amides is 1. The predicted molar refractivity (Wildman–Crippen MR) is 90.8 cm³/mol. The molecule has 1 atom stereocenters. The Morgan fingerprint density at radius 2 is 1.76 bits per heavy atom. The van der Waals surface area contributed by atoms with Gasteiger partial charge in [0.1, 0.15) is 0 Å². The van der Waals surface area contributed by atoms with Crippen molar-refractivity contribution in [3.8, 4) is 0 Å². The number of carbonyl (C=O) groups is 1. The average Bonchev–Trinajstić information content (AvgIpc) is 2.50. The predicted octanol–water partition coefficient (Wildman–Crippen LogP) is 4.89. The van der Waals surface area contributed by atoms with E-state index in [2.05, 4.69) is 12.2 Å². The van der Waals surface area contributed by atoms with Crippen molar-refractivity contribution in [3.63, 3.8) is 0 Å². The highest BCUT2D eigenvalue weighted by Gasteiger charge is 2.19. The summed E-state index contributed by atoms with van der Waals surface area (Å²) in [6, 6.07) is 18.0. The van der Waals surface area contributed by atoms with Crippen LogP contribution in [-0.4, -0.2) is 11.2 Å². The molecule has 0 aromatic heterocycles. The first-order valence-electron chi connectivity index (χ1n) is 7.28. The molecule has 0 fully saturated rings. The molecule has 0 aliphatic heterocycles. The van der Waals surface area contributed by atoms with Crippen molar-refractivity contribution < 1.29 is 4.79 Å². The molecule has 2 nitrogen and oxygen atoms in total. The fourth-order valence-corrected chi connectivity index (χ4v) is 3.19. The highest BCUT2D eigenvalue weighted by molar-refractivity contribution is 8.00. The van der Waals surface area contributed by atoms with Gasteiger partial charge >= 0.3 is 0 Å². The Morgan fingerprint density at radius 3 is 2.38 bits per heavy atom. The van der Waals surface area contributed by atoms with E-state index in [0.717, 1.165) is 23.4 Å². The second-order valence-corrected chi connectivity index (χ2v) is 6.34. The molecule has 110 valence electrons. The van der Waals surface area contributed by atoms with Crippen molar-refractivity contribution in [1.82, 2.24) is 0 Å². The van der Waals surface area contributed by atoms with Crippen LogP contribution in [0.3, 0.4) is 0 Å². The zero-order valence-electron chi connectivity index (χ0n) is 12.5. The number of hydrogen-bond acceptors (Lipinski definition) is 2. The van der Waals surface area contributed by atoms with Gasteiger partial charge in [0.2, 0.25) is 5.91 Å². The van der Waals surface area contributed by atoms with E-state index in [0.29, 0.717) is 0 Å². The van der Waals surface area contributed by atoms with Crippen LogP contribution < -0.4 is 5.32 Å². The van der Waals surface area contributed by atoms with Gasteiger partial charge in [0.15, 0.2) is 0 Å². The molecule has 0 aliphatic carbocycles. The van der Waals surface area contributed by atoms with Gasteiger partial charge in [-0.25, -0.2) is 0 Å². The molecule has 2 aromatic carbocycles. The Hall–Kier alpha value is -1.74. The lowest BCUT2D eigenvalue weighted by Gasteiger charge is -2.16. The molecule has 3 heteroatoms. The molecule has 2 aromatic rings. The van der Waals surface area contributed by atoms with Gasteiger partial charge < -0.3 is 5.32 Å². The second kappa shape index (κ2) is 7.89. The van der Waals surface area contributed by atoms with Crippen LogP contribution in [0.15, 0.2) is 59.5 Å². The molecule has 1 N–H and O–H groups in total. The number of anilines is 1. The first kappa shape index (κ1) is 15.6. The van der Waals surface area contributed by atoms with Gasteiger partial charge in [-0.05, 0) is 37.6 Å². The maximum atomic E-state index is 12.5. The summed E-state index contributed by atoms with van der Waals surface area (Å²) in [4.78, 5) is 13.6. The number of hydrogen-bond donors (Lipinski definition) is 1. The fraction of sp³-hybridized carbons (Fsp3) is 0.278. The molecule has 0 spiro atoms. The molecule has 0 bridgehead atoms. The monoisotopic (exact) mass is 299 g/mol. The maximum Gasteiger partial charge on any atom is 0.237 e. The molecule has 0 radical (unpaired) electrons. The summed E-state index contributed by atoms with van der Waals surface area (Å²) >= 11 is 1.63. The molecule has 2 rings (SSSR count). The molecule has 0 saturated heterocycles. The summed E-state index contributed by atoms with van der Waals surface area (Å²) in [5, 5.41) is 2.96. The first-order chi connectivity index (χ1) is 10.2. The molecular weight excluding hydrogens is 278 g/mol. The van der Waals surface area contributed by atoms with E-state index in [1.54, 1.807) is 11.8 Å². The van der Waals surface area contributed by atoms with Gasteiger partial charge in [-0.15, -0.1) is 11.8 Å². The van der Waals surface area contributed by atoms with Gasteiger partial charge in [0.25, 0.3) is 0 Å². The van der Waals surface area contributed by atoms with Gasteiger partial charge in [0, 0.05) is 10.6 Å². The number of aryl methyl sites for hydroxylation is 1. The summed E-state index contributed by atoms with van der Waals surface area (Å²) in [6.07, 6.45) is 1.86. The van der Waals surface area contributed by atoms with Crippen LogP contribution in [0, 0.1) is 6.92 Å². The lowest BCUT2D eigenvalue weighted by molar-refractivity contribution is -0.115. The highest BCUT2D eigenvalue weighted by atomic mass is 32.2. The fourth-order valence-electron chi connectivity index (χ4n) is 2.03. The van der Waals surface area contributed by atoms with Crippen molar-refractivity contribution in [2.24, 2.45) is 0 Å². The van der Waals surface area contributed by atoms with E-state index >= 15 is 0 Å². The zero-order chi connectivity index (χ0) is 15.1. The highest BCUT2D eigenvalue weighted by Crippen LogP contribution is 2.27. The van der Waals surface area contributed by atoms with Gasteiger partial charge in [-0.3, -0.25) is 4.79 Å². The van der Waals surface area contributed by atoms with Crippen molar-refractivity contribution in [2.75, 3.05) is 5.32 Å². The van der Waals surface area contributed by atoms with Crippen molar-refractivity contribution >= 4 is 23.4 Å². The van der Waals surface area contributed by atoms with Crippen LogP contribution in [0.2, 0.25) is 0 Å². The van der Waals surface area contributed by atoms with Crippen LogP contribution in [0.1, 0.15) is 25.3 Å². The third-order valence-electron chi connectivity index (χ3n) is 3.18.